The highest BCUT2D eigenvalue weighted by Crippen LogP contribution is 2.57. The maximum Gasteiger partial charge on any atom is 0.315 e. The number of nitrogens with two attached hydrogens (primary N) is 1. The molecule has 1 aliphatic carbocycles. The minimum Gasteiger partial charge on any atom is -0.363 e. The van der Waals surface area contributed by atoms with Crippen molar-refractivity contribution in [3.8, 4) is 0 Å². The number of unbranched alkanes of at least 4 members (excludes halogenated alkanes) is 3. The normalized spacial score (nSPS) is 23.4. The van der Waals surface area contributed by atoms with E-state index in [9.17, 15) is 24.0 Å². The molecule has 0 bridgehead atoms. The van der Waals surface area contributed by atoms with E-state index in [2.05, 4.69) is 36.7 Å². The number of hydrogen-bond acceptors (Lipinski definition) is 5. The lowest BCUT2D eigenvalue weighted by atomic mass is 9.55. The second-order valence-corrected chi connectivity index (χ2v) is 12.8. The predicted octanol–water partition coefficient (Wildman–Crippen LogP) is 2.49. The number of amides is 5. The molecule has 0 spiro atoms. The molecule has 2 fully saturated rings. The van der Waals surface area contributed by atoms with Crippen LogP contribution in [-0.4, -0.2) is 65.7 Å². The van der Waals surface area contributed by atoms with E-state index in [1.165, 1.54) is 0 Å². The Morgan fingerprint density at radius 2 is 1.66 bits per heavy atom. The minimum absolute atomic E-state index is 0.0922. The van der Waals surface area contributed by atoms with Crippen LogP contribution in [0.1, 0.15) is 93.4 Å². The molecule has 2 aliphatic rings. The summed E-state index contributed by atoms with van der Waals surface area (Å²) in [6, 6.07) is -3.10. The second kappa shape index (κ2) is 12.9. The Morgan fingerprint density at radius 3 is 2.18 bits per heavy atom. The number of likely N-dealkylation sites (tertiary alicyclic amines) is 1. The van der Waals surface area contributed by atoms with E-state index in [1.54, 1.807) is 4.90 Å². The molecule has 0 aromatic carbocycles. The number of rotatable bonds is 13. The van der Waals surface area contributed by atoms with Crippen LogP contribution < -0.4 is 21.7 Å². The van der Waals surface area contributed by atoms with Gasteiger partial charge in [-0.25, -0.2) is 4.79 Å². The second-order valence-electron chi connectivity index (χ2n) is 12.8. The first kappa shape index (κ1) is 31.6. The molecule has 1 saturated carbocycles. The molecule has 1 aliphatic heterocycles. The molecule has 0 aromatic rings. The number of Topliss-reactive ketones (excluding diaryl/α,β-unsaturated/α-hetero) is 1. The Morgan fingerprint density at radius 1 is 1.00 bits per heavy atom. The molecule has 1 saturated heterocycles. The van der Waals surface area contributed by atoms with Crippen molar-refractivity contribution >= 4 is 29.5 Å². The molecule has 10 heteroatoms. The van der Waals surface area contributed by atoms with Crippen molar-refractivity contribution in [2.24, 2.45) is 28.4 Å². The van der Waals surface area contributed by atoms with E-state index in [4.69, 9.17) is 5.73 Å². The summed E-state index contributed by atoms with van der Waals surface area (Å²) in [7, 11) is 0. The van der Waals surface area contributed by atoms with E-state index >= 15 is 0 Å². The number of primary amides is 1. The van der Waals surface area contributed by atoms with E-state index in [0.29, 0.717) is 19.5 Å². The van der Waals surface area contributed by atoms with E-state index in [-0.39, 0.29) is 29.6 Å². The Kier molecular flexibility index (Phi) is 10.7. The van der Waals surface area contributed by atoms with Gasteiger partial charge in [-0.2, -0.15) is 0 Å². The SMILES string of the molecule is CCCCCCNC(=O)N[C@H](C(=O)N1C[C@@H]2CC(C)(C)[C@@H]2[C@H]1C(=O)NC(CCC)C(=O)C(N)=O)C(C)(C)C. The summed E-state index contributed by atoms with van der Waals surface area (Å²) >= 11 is 0. The van der Waals surface area contributed by atoms with Gasteiger partial charge in [-0.05, 0) is 41.9 Å². The molecular formula is C28H49N5O5. The summed E-state index contributed by atoms with van der Waals surface area (Å²) in [6.45, 7) is 14.7. The van der Waals surface area contributed by atoms with Gasteiger partial charge in [0.25, 0.3) is 5.91 Å². The monoisotopic (exact) mass is 535 g/mol. The number of hydrogen-bond donors (Lipinski definition) is 4. The van der Waals surface area contributed by atoms with Gasteiger partial charge in [-0.15, -0.1) is 0 Å². The lowest BCUT2D eigenvalue weighted by molar-refractivity contribution is -0.145. The van der Waals surface area contributed by atoms with Gasteiger partial charge >= 0.3 is 6.03 Å². The molecule has 0 aromatic heterocycles. The van der Waals surface area contributed by atoms with Crippen LogP contribution in [0.2, 0.25) is 0 Å². The fraction of sp³-hybridized carbons (Fsp3) is 0.821. The van der Waals surface area contributed by atoms with Crippen LogP contribution in [0.3, 0.4) is 0 Å². The van der Waals surface area contributed by atoms with Crippen molar-refractivity contribution in [2.75, 3.05) is 13.1 Å². The molecule has 216 valence electrons. The lowest BCUT2D eigenvalue weighted by Crippen LogP contribution is -2.61. The van der Waals surface area contributed by atoms with Gasteiger partial charge < -0.3 is 26.6 Å². The number of carbonyl (C=O) groups excluding carboxylic acids is 5. The highest BCUT2D eigenvalue weighted by Gasteiger charge is 2.61. The molecule has 38 heavy (non-hydrogen) atoms. The highest BCUT2D eigenvalue weighted by atomic mass is 16.2. The summed E-state index contributed by atoms with van der Waals surface area (Å²) in [5, 5.41) is 8.44. The fourth-order valence-electron chi connectivity index (χ4n) is 6.11. The summed E-state index contributed by atoms with van der Waals surface area (Å²) in [5.41, 5.74) is 4.44. The van der Waals surface area contributed by atoms with Crippen LogP contribution in [0.15, 0.2) is 0 Å². The predicted molar refractivity (Wildman–Crippen MR) is 146 cm³/mol. The van der Waals surface area contributed by atoms with Crippen molar-refractivity contribution in [3.63, 3.8) is 0 Å². The number of ketones is 1. The summed E-state index contributed by atoms with van der Waals surface area (Å²) in [4.78, 5) is 65.9. The van der Waals surface area contributed by atoms with Gasteiger partial charge in [-0.3, -0.25) is 19.2 Å². The Hall–Kier alpha value is -2.65. The zero-order valence-corrected chi connectivity index (χ0v) is 24.3. The summed E-state index contributed by atoms with van der Waals surface area (Å²) in [5.74, 6) is -2.66. The van der Waals surface area contributed by atoms with E-state index in [0.717, 1.165) is 32.1 Å². The van der Waals surface area contributed by atoms with Crippen LogP contribution in [0, 0.1) is 22.7 Å². The average Bonchev–Trinajstić information content (AvgIpc) is 3.15. The molecule has 10 nitrogen and oxygen atoms in total. The lowest BCUT2D eigenvalue weighted by Gasteiger charge is -2.49. The van der Waals surface area contributed by atoms with Crippen LogP contribution in [0.25, 0.3) is 0 Å². The quantitative estimate of drug-likeness (QED) is 0.211. The average molecular weight is 536 g/mol. The van der Waals surface area contributed by atoms with Crippen molar-refractivity contribution in [1.29, 1.82) is 0 Å². The van der Waals surface area contributed by atoms with Gasteiger partial charge in [0.15, 0.2) is 0 Å². The van der Waals surface area contributed by atoms with E-state index < -0.39 is 47.2 Å². The van der Waals surface area contributed by atoms with Gasteiger partial charge in [-0.1, -0.05) is 74.1 Å². The number of nitrogens with one attached hydrogen (secondary N) is 3. The van der Waals surface area contributed by atoms with Gasteiger partial charge in [0, 0.05) is 13.1 Å². The first-order chi connectivity index (χ1) is 17.7. The molecular weight excluding hydrogens is 486 g/mol. The number of urea groups is 1. The molecule has 2 rings (SSSR count). The van der Waals surface area contributed by atoms with Gasteiger partial charge in [0.1, 0.15) is 12.1 Å². The maximum absolute atomic E-state index is 14.0. The highest BCUT2D eigenvalue weighted by molar-refractivity contribution is 6.37. The van der Waals surface area contributed by atoms with Crippen molar-refractivity contribution in [1.82, 2.24) is 20.9 Å². The summed E-state index contributed by atoms with van der Waals surface area (Å²) < 4.78 is 0. The van der Waals surface area contributed by atoms with Crippen molar-refractivity contribution in [3.05, 3.63) is 0 Å². The minimum atomic E-state index is -1.09. The zero-order valence-electron chi connectivity index (χ0n) is 24.3. The van der Waals surface area contributed by atoms with Crippen molar-refractivity contribution < 1.29 is 24.0 Å². The van der Waals surface area contributed by atoms with Crippen LogP contribution in [-0.2, 0) is 19.2 Å². The van der Waals surface area contributed by atoms with Crippen molar-refractivity contribution in [2.45, 2.75) is 112 Å². The number of carbonyl (C=O) groups is 5. The van der Waals surface area contributed by atoms with E-state index in [1.807, 2.05) is 27.7 Å². The maximum atomic E-state index is 14.0. The molecule has 1 unspecified atom stereocenters. The smallest absolute Gasteiger partial charge is 0.315 e. The first-order valence-corrected chi connectivity index (χ1v) is 14.1. The van der Waals surface area contributed by atoms with Gasteiger partial charge in [0.2, 0.25) is 17.6 Å². The van der Waals surface area contributed by atoms with Crippen LogP contribution >= 0.6 is 0 Å². The third-order valence-corrected chi connectivity index (χ3v) is 8.01. The largest absolute Gasteiger partial charge is 0.363 e. The van der Waals surface area contributed by atoms with Gasteiger partial charge in [0.05, 0.1) is 6.04 Å². The third kappa shape index (κ3) is 7.47. The third-order valence-electron chi connectivity index (χ3n) is 8.01. The zero-order chi connectivity index (χ0) is 28.8. The molecule has 1 heterocycles. The Balaban J connectivity index is 2.25. The standard InChI is InChI=1S/C28H49N5O5/c1-8-10-11-12-14-30-26(38)32-22(27(3,4)5)25(37)33-16-17-15-28(6,7)19(17)20(33)24(36)31-18(13-9-2)21(34)23(29)35/h17-20,22H,8-16H2,1-7H3,(H2,29,35)(H,31,36)(H2,30,32,38)/t17-,18?,19-,20-,22+/m0/s1. The topological polar surface area (TPSA) is 151 Å². The van der Waals surface area contributed by atoms with Crippen LogP contribution in [0.5, 0.6) is 0 Å². The molecule has 0 radical (unpaired) electrons. The summed E-state index contributed by atoms with van der Waals surface area (Å²) in [6.07, 6.45) is 5.81. The first-order valence-electron chi connectivity index (χ1n) is 14.1. The molecule has 5 amide bonds. The number of fused-ring (bicyclic) bond motifs is 1. The Bertz CT molecular complexity index is 897. The fourth-order valence-corrected chi connectivity index (χ4v) is 6.11. The molecule has 5 atom stereocenters. The number of nitrogens with zero attached hydrogens (tertiary/aromatic N) is 1. The van der Waals surface area contributed by atoms with Crippen LogP contribution in [0.4, 0.5) is 4.79 Å². The Labute approximate surface area is 227 Å². The molecule has 5 N–H and O–H groups in total.